The van der Waals surface area contributed by atoms with Crippen molar-refractivity contribution in [3.63, 3.8) is 0 Å². The highest BCUT2D eigenvalue weighted by atomic mass is 31.3. The Kier molecular flexibility index (Phi) is 27.8. The summed E-state index contributed by atoms with van der Waals surface area (Å²) in [5.74, 6) is 3.87. The molecule has 2 saturated heterocycles. The van der Waals surface area contributed by atoms with Gasteiger partial charge in [0.2, 0.25) is 28.9 Å². The zero-order chi connectivity index (χ0) is 76.1. The molecule has 40 nitrogen and oxygen atoms in total. The summed E-state index contributed by atoms with van der Waals surface area (Å²) < 4.78 is 95.3. The van der Waals surface area contributed by atoms with Crippen molar-refractivity contribution >= 4 is 69.6 Å². The number of hydrogen-bond donors (Lipinski definition) is 10. The predicted molar refractivity (Wildman–Crippen MR) is 370 cm³/mol. The third kappa shape index (κ3) is 22.3. The van der Waals surface area contributed by atoms with Crippen LogP contribution < -0.4 is 66.2 Å². The van der Waals surface area contributed by atoms with Gasteiger partial charge in [0, 0.05) is 78.1 Å². The summed E-state index contributed by atoms with van der Waals surface area (Å²) in [6, 6.07) is 16.6. The number of fused-ring (bicyclic) bond motifs is 4. The van der Waals surface area contributed by atoms with Gasteiger partial charge in [-0.3, -0.25) is 42.8 Å². The van der Waals surface area contributed by atoms with E-state index in [-0.39, 0.29) is 69.3 Å². The van der Waals surface area contributed by atoms with Gasteiger partial charge in [0.25, 0.3) is 17.4 Å². The normalized spacial score (nSPS) is 18.9. The molecule has 1 aliphatic carbocycles. The molecule has 10 N–H and O–H groups in total. The molecule has 3 aromatic carbocycles. The highest BCUT2D eigenvalue weighted by Gasteiger charge is 2.44. The first-order chi connectivity index (χ1) is 50.7. The third-order valence-corrected chi connectivity index (χ3v) is 19.7. The average molecular weight is 1530 g/mol. The van der Waals surface area contributed by atoms with Crippen LogP contribution >= 0.6 is 23.5 Å². The number of phosphoric ester groups is 1. The van der Waals surface area contributed by atoms with Gasteiger partial charge in [-0.15, -0.1) is 0 Å². The lowest BCUT2D eigenvalue weighted by Crippen LogP contribution is -2.59. The summed E-state index contributed by atoms with van der Waals surface area (Å²) in [7, 11) is -12.0. The van der Waals surface area contributed by atoms with Crippen molar-refractivity contribution in [3.8, 4) is 46.1 Å². The summed E-state index contributed by atoms with van der Waals surface area (Å²) in [4.78, 5) is 139. The van der Waals surface area contributed by atoms with E-state index in [9.17, 15) is 62.6 Å². The van der Waals surface area contributed by atoms with Gasteiger partial charge in [-0.25, -0.2) is 18.5 Å². The molecule has 0 saturated carbocycles. The van der Waals surface area contributed by atoms with E-state index in [1.54, 1.807) is 56.8 Å². The molecule has 43 heteroatoms. The number of phosphoric acid groups is 3. The fourth-order valence-electron chi connectivity index (χ4n) is 10.9. The predicted octanol–water partition coefficient (Wildman–Crippen LogP) is 2.78. The Balaban J connectivity index is 0.699. The lowest BCUT2D eigenvalue weighted by molar-refractivity contribution is -0.634. The number of rotatable bonds is 35. The van der Waals surface area contributed by atoms with Crippen molar-refractivity contribution in [2.75, 3.05) is 98.2 Å². The van der Waals surface area contributed by atoms with Crippen LogP contribution in [0.1, 0.15) is 34.1 Å². The summed E-state index contributed by atoms with van der Waals surface area (Å²) in [5, 5.41) is 21.2. The van der Waals surface area contributed by atoms with E-state index in [1.807, 2.05) is 47.3 Å². The van der Waals surface area contributed by atoms with Crippen LogP contribution in [0.2, 0.25) is 0 Å². The number of azide groups is 2. The molecule has 106 heavy (non-hydrogen) atoms. The topological polar surface area (TPSA) is 539 Å². The molecule has 5 aromatic rings. The smallest absolute Gasteiger partial charge is 0.490 e. The van der Waals surface area contributed by atoms with Crippen molar-refractivity contribution in [2.45, 2.75) is 43.7 Å². The van der Waals surface area contributed by atoms with Crippen LogP contribution in [0.3, 0.4) is 0 Å². The van der Waals surface area contributed by atoms with Crippen molar-refractivity contribution in [1.82, 2.24) is 36.1 Å². The molecular weight excluding hydrogens is 1460 g/mol. The van der Waals surface area contributed by atoms with E-state index in [0.29, 0.717) is 42.5 Å². The van der Waals surface area contributed by atoms with Crippen LogP contribution in [0.5, 0.6) is 23.0 Å². The van der Waals surface area contributed by atoms with Gasteiger partial charge in [0.1, 0.15) is 69.0 Å². The Bertz CT molecular complexity index is 4730. The molecule has 7 atom stereocenters. The number of aromatic nitrogens is 3. The zero-order valence-corrected chi connectivity index (χ0v) is 59.2. The number of aryl methyl sites for hydroxylation is 1. The summed E-state index contributed by atoms with van der Waals surface area (Å²) >= 11 is 0. The number of pyridine rings is 1. The fraction of sp³-hybridized carbons (Fsp3) is 0.365. The van der Waals surface area contributed by atoms with Crippen LogP contribution in [0, 0.1) is 17.8 Å². The van der Waals surface area contributed by atoms with E-state index in [2.05, 4.69) is 82.3 Å². The molecule has 0 spiro atoms. The largest absolute Gasteiger partial charge is 0.493 e. The fourth-order valence-corrected chi connectivity index (χ4v) is 13.9. The highest BCUT2D eigenvalue weighted by molar-refractivity contribution is 7.66. The highest BCUT2D eigenvalue weighted by Crippen LogP contribution is 2.66. The van der Waals surface area contributed by atoms with Gasteiger partial charge in [0.05, 0.1) is 75.2 Å². The SMILES string of the molecule is COc1cc2cc3c([n+](C)c2cc1OC)-c1ccc(N2CC(C(=O)NC(CNC(=O)C4=C/C=C\C=C/C=C\4)C(=O)NCCNC(=O)c4cccc(OCC(N=[N+]=[N-])OCCOCC(=O)NCC#Cc5cn([C@H]6C[C@@H](OCN=[N+]=[N-])[C@@H](COP(=O)(O)OP(=O)(O)OP(=O)(O)O)O6)c(=O)[nH]c5=O)c4)C2)cc1OC3. The number of H-pyrrole nitrogens is 1. The minimum absolute atomic E-state index is 0.0559. The van der Waals surface area contributed by atoms with Gasteiger partial charge in [0.15, 0.2) is 17.7 Å². The van der Waals surface area contributed by atoms with E-state index in [0.717, 1.165) is 44.2 Å². The molecule has 0 bridgehead atoms. The van der Waals surface area contributed by atoms with Crippen molar-refractivity contribution in [1.29, 1.82) is 0 Å². The minimum Gasteiger partial charge on any atom is -0.493 e. The number of allylic oxidation sites excluding steroid dienone is 6. The number of ether oxygens (including phenoxy) is 8. The number of amides is 5. The van der Waals surface area contributed by atoms with Gasteiger partial charge < -0.3 is 89.0 Å². The first kappa shape index (κ1) is 79.6. The van der Waals surface area contributed by atoms with Crippen molar-refractivity contribution < 1.29 is 113 Å². The maximum absolute atomic E-state index is 13.9. The van der Waals surface area contributed by atoms with E-state index in [1.165, 1.54) is 24.3 Å². The molecule has 2 aromatic heterocycles. The van der Waals surface area contributed by atoms with Gasteiger partial charge in [-0.2, -0.15) is 13.2 Å². The number of benzene rings is 3. The molecule has 562 valence electrons. The Morgan fingerprint density at radius 2 is 1.63 bits per heavy atom. The monoisotopic (exact) mass is 1530 g/mol. The lowest BCUT2D eigenvalue weighted by atomic mass is 9.95. The maximum atomic E-state index is 13.9. The van der Waals surface area contributed by atoms with Crippen LogP contribution in [0.25, 0.3) is 43.0 Å². The molecular formula is C63H71N15O25P3+. The molecule has 2 fully saturated rings. The Labute approximate surface area is 600 Å². The van der Waals surface area contributed by atoms with E-state index >= 15 is 0 Å². The minimum atomic E-state index is -5.88. The lowest BCUT2D eigenvalue weighted by Gasteiger charge is -2.40. The standard InChI is InChI=1S/C63H70N15O25P3/c1-76-48-27-51(94-3)50(93-2)25-41(48)23-42-33-98-49-26-44(16-17-46(49)57(42)76)77-30-43(31-77)61(83)71-47(29-69-58(80)38-11-7-5-4-6-8-12-38)62(84)68-20-19-67-59(81)39-13-9-15-45(24-39)97-36-55(73-75-65)96-22-21-95-35-54(79)66-18-10-14-40-32-78(63(85)72-60(40)82)56-28-52(99-37-70-74-64)53(101-56)34-100-105(89,90)103-106(91,92)102-104(86,87)88/h4-9,11-13,15-17,23-27,32,43,47,52-53,55-56H,18-22,28-31,33-37H2,1-3H3,(H9-,66,67,68,69,71,72,79,80,81,82,83,84,85,86,87,88,89,90,91,92)/p+1/b5-4-,6-4?,7-5?,8-6-,11-7-,12-8?,38-11?,38-12+/t47?,52-,53-,55?,56-/m1/s1. The number of methoxy groups -OCH3 is 2. The first-order valence-electron chi connectivity index (χ1n) is 31.8. The van der Waals surface area contributed by atoms with Gasteiger partial charge in [-0.05, 0) is 65.7 Å². The van der Waals surface area contributed by atoms with Gasteiger partial charge in [-0.1, -0.05) is 58.5 Å². The van der Waals surface area contributed by atoms with Crippen molar-refractivity contribution in [2.24, 2.45) is 23.2 Å². The van der Waals surface area contributed by atoms with Crippen LogP contribution in [-0.4, -0.2) is 176 Å². The number of nitrogens with zero attached hydrogens (tertiary/aromatic N) is 9. The average Bonchev–Trinajstić information content (AvgIpc) is 0.897. The van der Waals surface area contributed by atoms with Crippen LogP contribution in [0.15, 0.2) is 135 Å². The second-order valence-corrected chi connectivity index (χ2v) is 27.4. The van der Waals surface area contributed by atoms with Gasteiger partial charge >= 0.3 is 29.2 Å². The third-order valence-electron chi connectivity index (χ3n) is 15.9. The second-order valence-electron chi connectivity index (χ2n) is 23.0. The Morgan fingerprint density at radius 1 is 0.868 bits per heavy atom. The summed E-state index contributed by atoms with van der Waals surface area (Å²) in [6.07, 6.45) is 7.42. The number of hydrogen-bond acceptors (Lipinski definition) is 24. The second kappa shape index (κ2) is 37.0. The van der Waals surface area contributed by atoms with E-state index < -0.39 is 121 Å². The molecule has 4 aliphatic rings. The first-order valence-corrected chi connectivity index (χ1v) is 36.4. The maximum Gasteiger partial charge on any atom is 0.490 e. The number of carbonyl (C=O) groups excluding carboxylic acids is 5. The molecule has 3 aliphatic heterocycles. The molecule has 5 amide bonds. The molecule has 4 unspecified atom stereocenters. The summed E-state index contributed by atoms with van der Waals surface area (Å²) in [6.45, 7) is -2.57. The van der Waals surface area contributed by atoms with E-state index in [4.69, 9.17) is 53.2 Å². The number of carbonyl (C=O) groups is 5. The van der Waals surface area contributed by atoms with Crippen LogP contribution in [-0.2, 0) is 78.6 Å². The molecule has 0 radical (unpaired) electrons. The quantitative estimate of drug-likeness (QED) is 0.00530. The van der Waals surface area contributed by atoms with Crippen molar-refractivity contribution in [3.05, 3.63) is 173 Å². The number of aromatic amines is 1. The molecule has 5 heterocycles. The Morgan fingerprint density at radius 3 is 2.40 bits per heavy atom. The number of nitrogens with one attached hydrogen (secondary N) is 6. The summed E-state index contributed by atoms with van der Waals surface area (Å²) in [5.41, 5.74) is 20.7. The van der Waals surface area contributed by atoms with Crippen LogP contribution in [0.4, 0.5) is 5.69 Å². The Hall–Kier alpha value is -10.5. The molecule has 9 rings (SSSR count). The zero-order valence-electron chi connectivity index (χ0n) is 56.5. The number of anilines is 1.